The minimum absolute atomic E-state index is 0.100. The van der Waals surface area contributed by atoms with Crippen molar-refractivity contribution in [2.24, 2.45) is 5.73 Å². The van der Waals surface area contributed by atoms with Crippen LogP contribution in [-0.2, 0) is 0 Å². The molecule has 1 rings (SSSR count). The molecule has 0 aromatic heterocycles. The molecule has 0 atom stereocenters. The highest BCUT2D eigenvalue weighted by Crippen LogP contribution is 2.24. The SMILES string of the molecule is C=C/C(=C\SC(=C)N)c1ccc(Cl)c(F)c1. The summed E-state index contributed by atoms with van der Waals surface area (Å²) in [6.45, 7) is 7.21. The first-order valence-corrected chi connectivity index (χ1v) is 5.69. The van der Waals surface area contributed by atoms with E-state index in [4.69, 9.17) is 17.3 Å². The number of hydrogen-bond acceptors (Lipinski definition) is 2. The largest absolute Gasteiger partial charge is 0.394 e. The van der Waals surface area contributed by atoms with Crippen LogP contribution in [0.1, 0.15) is 5.56 Å². The average Bonchev–Trinajstić information content (AvgIpc) is 2.23. The van der Waals surface area contributed by atoms with Crippen LogP contribution < -0.4 is 5.73 Å². The van der Waals surface area contributed by atoms with E-state index in [0.29, 0.717) is 10.6 Å². The fourth-order valence-corrected chi connectivity index (χ4v) is 1.68. The van der Waals surface area contributed by atoms with E-state index >= 15 is 0 Å². The van der Waals surface area contributed by atoms with E-state index in [1.807, 2.05) is 0 Å². The summed E-state index contributed by atoms with van der Waals surface area (Å²) < 4.78 is 13.2. The molecule has 0 aliphatic heterocycles. The second-order valence-corrected chi connectivity index (χ2v) is 4.39. The Balaban J connectivity index is 3.04. The maximum atomic E-state index is 13.2. The van der Waals surface area contributed by atoms with E-state index in [2.05, 4.69) is 13.2 Å². The van der Waals surface area contributed by atoms with Gasteiger partial charge in [-0.1, -0.05) is 48.7 Å². The fraction of sp³-hybridized carbons (Fsp3) is 0. The summed E-state index contributed by atoms with van der Waals surface area (Å²) in [5.74, 6) is -0.455. The highest BCUT2D eigenvalue weighted by molar-refractivity contribution is 8.05. The lowest BCUT2D eigenvalue weighted by molar-refractivity contribution is 0.628. The van der Waals surface area contributed by atoms with Crippen LogP contribution in [0, 0.1) is 5.82 Å². The highest BCUT2D eigenvalue weighted by atomic mass is 35.5. The predicted molar refractivity (Wildman–Crippen MR) is 70.5 cm³/mol. The second-order valence-electron chi connectivity index (χ2n) is 2.99. The smallest absolute Gasteiger partial charge is 0.142 e. The van der Waals surface area contributed by atoms with Crippen molar-refractivity contribution in [1.82, 2.24) is 0 Å². The normalized spacial score (nSPS) is 11.2. The van der Waals surface area contributed by atoms with Gasteiger partial charge in [-0.15, -0.1) is 0 Å². The van der Waals surface area contributed by atoms with Gasteiger partial charge in [0.15, 0.2) is 0 Å². The quantitative estimate of drug-likeness (QED) is 0.818. The van der Waals surface area contributed by atoms with Gasteiger partial charge in [-0.2, -0.15) is 0 Å². The molecule has 0 amide bonds. The van der Waals surface area contributed by atoms with Crippen LogP contribution in [0.4, 0.5) is 4.39 Å². The molecule has 0 saturated heterocycles. The zero-order valence-electron chi connectivity index (χ0n) is 8.54. The third-order valence-electron chi connectivity index (χ3n) is 1.81. The van der Waals surface area contributed by atoms with Crippen LogP contribution in [0.2, 0.25) is 5.02 Å². The molecule has 4 heteroatoms. The van der Waals surface area contributed by atoms with Gasteiger partial charge < -0.3 is 5.73 Å². The Morgan fingerprint density at radius 3 is 2.69 bits per heavy atom. The van der Waals surface area contributed by atoms with E-state index in [0.717, 1.165) is 5.57 Å². The molecule has 1 nitrogen and oxygen atoms in total. The molecule has 1 aromatic rings. The lowest BCUT2D eigenvalue weighted by Gasteiger charge is -2.03. The Labute approximate surface area is 103 Å². The summed E-state index contributed by atoms with van der Waals surface area (Å²) in [5.41, 5.74) is 6.89. The zero-order chi connectivity index (χ0) is 12.1. The Kier molecular flexibility index (Phi) is 4.65. The summed E-state index contributed by atoms with van der Waals surface area (Å²) >= 11 is 6.86. The maximum Gasteiger partial charge on any atom is 0.142 e. The number of benzene rings is 1. The van der Waals surface area contributed by atoms with Gasteiger partial charge in [0, 0.05) is 0 Å². The monoisotopic (exact) mass is 255 g/mol. The molecule has 0 unspecified atom stereocenters. The number of hydrogen-bond donors (Lipinski definition) is 1. The summed E-state index contributed by atoms with van der Waals surface area (Å²) in [4.78, 5) is 0. The van der Waals surface area contributed by atoms with Crippen molar-refractivity contribution in [1.29, 1.82) is 0 Å². The topological polar surface area (TPSA) is 26.0 Å². The molecule has 0 spiro atoms. The molecule has 0 bridgehead atoms. The number of allylic oxidation sites excluding steroid dienone is 2. The molecule has 0 radical (unpaired) electrons. The molecule has 1 aromatic carbocycles. The van der Waals surface area contributed by atoms with E-state index in [9.17, 15) is 4.39 Å². The van der Waals surface area contributed by atoms with Gasteiger partial charge in [-0.3, -0.25) is 0 Å². The fourth-order valence-electron chi connectivity index (χ4n) is 1.05. The van der Waals surface area contributed by atoms with Gasteiger partial charge in [0.05, 0.1) is 10.1 Å². The molecule has 0 heterocycles. The van der Waals surface area contributed by atoms with Crippen LogP contribution >= 0.6 is 23.4 Å². The molecule has 84 valence electrons. The maximum absolute atomic E-state index is 13.2. The molecule has 0 aliphatic rings. The molecule has 0 fully saturated rings. The van der Waals surface area contributed by atoms with Crippen molar-refractivity contribution >= 4 is 28.9 Å². The first kappa shape index (κ1) is 12.9. The Morgan fingerprint density at radius 2 is 2.19 bits per heavy atom. The number of nitrogens with two attached hydrogens (primary N) is 1. The van der Waals surface area contributed by atoms with Crippen molar-refractivity contribution in [3.8, 4) is 0 Å². The molecule has 16 heavy (non-hydrogen) atoms. The van der Waals surface area contributed by atoms with Crippen molar-refractivity contribution < 1.29 is 4.39 Å². The zero-order valence-corrected chi connectivity index (χ0v) is 10.1. The first-order valence-electron chi connectivity index (χ1n) is 4.43. The van der Waals surface area contributed by atoms with Gasteiger partial charge in [-0.05, 0) is 28.7 Å². The lowest BCUT2D eigenvalue weighted by Crippen LogP contribution is -1.87. The number of thioether (sulfide) groups is 1. The minimum atomic E-state index is -0.455. The second kappa shape index (κ2) is 5.77. The predicted octanol–water partition coefficient (Wildman–Crippen LogP) is 4.17. The van der Waals surface area contributed by atoms with Gasteiger partial charge in [-0.25, -0.2) is 4.39 Å². The third-order valence-corrected chi connectivity index (χ3v) is 2.79. The van der Waals surface area contributed by atoms with Crippen LogP contribution in [0.3, 0.4) is 0 Å². The molecule has 0 aliphatic carbocycles. The Bertz CT molecular complexity index is 454. The molecular weight excluding hydrogens is 245 g/mol. The van der Waals surface area contributed by atoms with Gasteiger partial charge in [0.25, 0.3) is 0 Å². The van der Waals surface area contributed by atoms with Gasteiger partial charge in [0.2, 0.25) is 0 Å². The number of rotatable bonds is 4. The third kappa shape index (κ3) is 3.43. The Morgan fingerprint density at radius 1 is 1.50 bits per heavy atom. The van der Waals surface area contributed by atoms with Crippen molar-refractivity contribution in [3.05, 3.63) is 64.3 Å². The van der Waals surface area contributed by atoms with Crippen LogP contribution in [0.15, 0.2) is 47.9 Å². The van der Waals surface area contributed by atoms with E-state index in [1.54, 1.807) is 17.6 Å². The minimum Gasteiger partial charge on any atom is -0.394 e. The average molecular weight is 256 g/mol. The van der Waals surface area contributed by atoms with Crippen LogP contribution in [0.25, 0.3) is 5.57 Å². The summed E-state index contributed by atoms with van der Waals surface area (Å²) in [6, 6.07) is 4.58. The van der Waals surface area contributed by atoms with E-state index in [1.165, 1.54) is 23.9 Å². The van der Waals surface area contributed by atoms with Crippen LogP contribution in [-0.4, -0.2) is 0 Å². The highest BCUT2D eigenvalue weighted by Gasteiger charge is 2.03. The standard InChI is InChI=1S/C12H11ClFNS/c1-3-9(7-16-8(2)15)10-4-5-11(13)12(14)6-10/h3-7H,1-2,15H2/b9-7+. The Hall–Kier alpha value is -1.19. The molecule has 0 saturated carbocycles. The van der Waals surface area contributed by atoms with Gasteiger partial charge in [0.1, 0.15) is 5.82 Å². The van der Waals surface area contributed by atoms with Crippen LogP contribution in [0.5, 0.6) is 0 Å². The summed E-state index contributed by atoms with van der Waals surface area (Å²) in [6.07, 6.45) is 1.62. The summed E-state index contributed by atoms with van der Waals surface area (Å²) in [5, 5.41) is 2.33. The van der Waals surface area contributed by atoms with Gasteiger partial charge >= 0.3 is 0 Å². The van der Waals surface area contributed by atoms with E-state index < -0.39 is 5.82 Å². The molecular formula is C12H11ClFNS. The van der Waals surface area contributed by atoms with Crippen molar-refractivity contribution in [3.63, 3.8) is 0 Å². The first-order chi connectivity index (χ1) is 7.54. The van der Waals surface area contributed by atoms with Crippen molar-refractivity contribution in [2.45, 2.75) is 0 Å². The number of halogens is 2. The van der Waals surface area contributed by atoms with E-state index in [-0.39, 0.29) is 5.02 Å². The summed E-state index contributed by atoms with van der Waals surface area (Å²) in [7, 11) is 0. The van der Waals surface area contributed by atoms with Crippen molar-refractivity contribution in [2.75, 3.05) is 0 Å². The molecule has 2 N–H and O–H groups in total. The lowest BCUT2D eigenvalue weighted by atomic mass is 10.1.